The number of hydrogen-bond donors (Lipinski definition) is 1. The molecule has 1 N–H and O–H groups in total. The van der Waals surface area contributed by atoms with Crippen molar-refractivity contribution in [2.45, 2.75) is 13.3 Å². The first kappa shape index (κ1) is 9.19. The first-order valence-corrected chi connectivity index (χ1v) is 5.03. The fourth-order valence-corrected chi connectivity index (χ4v) is 1.48. The second-order valence-electron chi connectivity index (χ2n) is 3.24. The van der Waals surface area contributed by atoms with Crippen LogP contribution < -0.4 is 14.8 Å². The van der Waals surface area contributed by atoms with Crippen LogP contribution in [0.5, 0.6) is 11.5 Å². The topological polar surface area (TPSA) is 30.5 Å². The molecule has 3 heteroatoms. The Hall–Kier alpha value is -1.38. The maximum Gasteiger partial charge on any atom is 0.163 e. The molecule has 0 radical (unpaired) electrons. The Morgan fingerprint density at radius 3 is 2.79 bits per heavy atom. The van der Waals surface area contributed by atoms with Gasteiger partial charge in [-0.1, -0.05) is 0 Å². The Balaban J connectivity index is 2.23. The molecule has 2 rings (SSSR count). The Kier molecular flexibility index (Phi) is 2.77. The molecule has 0 aliphatic carbocycles. The fourth-order valence-electron chi connectivity index (χ4n) is 1.48. The molecule has 1 aromatic rings. The number of anilines is 1. The number of nitrogens with one attached hydrogen (secondary N) is 1. The maximum absolute atomic E-state index is 5.57. The molecule has 0 amide bonds. The van der Waals surface area contributed by atoms with Crippen molar-refractivity contribution in [3.8, 4) is 11.5 Å². The molecule has 1 aromatic carbocycles. The third-order valence-electron chi connectivity index (χ3n) is 2.13. The second kappa shape index (κ2) is 4.22. The van der Waals surface area contributed by atoms with Crippen LogP contribution in [0.15, 0.2) is 18.2 Å². The van der Waals surface area contributed by atoms with Crippen molar-refractivity contribution in [1.29, 1.82) is 0 Å². The molecule has 0 unspecified atom stereocenters. The lowest BCUT2D eigenvalue weighted by Gasteiger charge is -2.09. The number of fused-ring (bicyclic) bond motifs is 1. The standard InChI is InChI=1S/C11H15NO2/c1-2-12-9-4-5-10-11(8-9)14-7-3-6-13-10/h4-5,8,12H,2-3,6-7H2,1H3. The average Bonchev–Trinajstić information content (AvgIpc) is 2.42. The second-order valence-corrected chi connectivity index (χ2v) is 3.24. The highest BCUT2D eigenvalue weighted by Gasteiger charge is 2.09. The van der Waals surface area contributed by atoms with Crippen molar-refractivity contribution in [2.75, 3.05) is 25.1 Å². The molecular formula is C11H15NO2. The van der Waals surface area contributed by atoms with Gasteiger partial charge < -0.3 is 14.8 Å². The first-order chi connectivity index (χ1) is 6.90. The maximum atomic E-state index is 5.57. The average molecular weight is 193 g/mol. The van der Waals surface area contributed by atoms with E-state index in [1.807, 2.05) is 18.2 Å². The predicted molar refractivity (Wildman–Crippen MR) is 56.2 cm³/mol. The molecule has 1 heterocycles. The van der Waals surface area contributed by atoms with Crippen molar-refractivity contribution in [3.63, 3.8) is 0 Å². The summed E-state index contributed by atoms with van der Waals surface area (Å²) in [5.74, 6) is 1.70. The van der Waals surface area contributed by atoms with Gasteiger partial charge in [-0.05, 0) is 19.1 Å². The Morgan fingerprint density at radius 2 is 2.00 bits per heavy atom. The highest BCUT2D eigenvalue weighted by atomic mass is 16.5. The highest BCUT2D eigenvalue weighted by Crippen LogP contribution is 2.32. The lowest BCUT2D eigenvalue weighted by atomic mass is 10.2. The first-order valence-electron chi connectivity index (χ1n) is 5.03. The molecule has 0 spiro atoms. The zero-order valence-corrected chi connectivity index (χ0v) is 8.38. The van der Waals surface area contributed by atoms with Crippen molar-refractivity contribution < 1.29 is 9.47 Å². The van der Waals surface area contributed by atoms with E-state index in [-0.39, 0.29) is 0 Å². The molecule has 1 aliphatic rings. The minimum atomic E-state index is 0.739. The summed E-state index contributed by atoms with van der Waals surface area (Å²) in [6.45, 7) is 4.47. The fraction of sp³-hybridized carbons (Fsp3) is 0.455. The van der Waals surface area contributed by atoms with Gasteiger partial charge in [0, 0.05) is 24.7 Å². The molecule has 0 atom stereocenters. The van der Waals surface area contributed by atoms with E-state index < -0.39 is 0 Å². The molecule has 0 fully saturated rings. The normalized spacial score (nSPS) is 14.6. The van der Waals surface area contributed by atoms with Gasteiger partial charge in [-0.3, -0.25) is 0 Å². The third kappa shape index (κ3) is 1.92. The third-order valence-corrected chi connectivity index (χ3v) is 2.13. The largest absolute Gasteiger partial charge is 0.490 e. The van der Waals surface area contributed by atoms with E-state index in [4.69, 9.17) is 9.47 Å². The van der Waals surface area contributed by atoms with Gasteiger partial charge in [0.05, 0.1) is 13.2 Å². The number of benzene rings is 1. The van der Waals surface area contributed by atoms with Crippen LogP contribution in [0.3, 0.4) is 0 Å². The number of hydrogen-bond acceptors (Lipinski definition) is 3. The minimum Gasteiger partial charge on any atom is -0.490 e. The SMILES string of the molecule is CCNc1ccc2c(c1)OCCCO2. The lowest BCUT2D eigenvalue weighted by Crippen LogP contribution is -1.98. The van der Waals surface area contributed by atoms with E-state index >= 15 is 0 Å². The summed E-state index contributed by atoms with van der Waals surface area (Å²) in [6.07, 6.45) is 0.950. The van der Waals surface area contributed by atoms with Crippen LogP contribution in [0.1, 0.15) is 13.3 Å². The van der Waals surface area contributed by atoms with Gasteiger partial charge in [-0.25, -0.2) is 0 Å². The van der Waals surface area contributed by atoms with Gasteiger partial charge in [0.1, 0.15) is 0 Å². The lowest BCUT2D eigenvalue weighted by molar-refractivity contribution is 0.297. The summed E-state index contributed by atoms with van der Waals surface area (Å²) >= 11 is 0. The van der Waals surface area contributed by atoms with Crippen LogP contribution >= 0.6 is 0 Å². The molecule has 0 saturated heterocycles. The quantitative estimate of drug-likeness (QED) is 0.781. The van der Waals surface area contributed by atoms with Crippen molar-refractivity contribution >= 4 is 5.69 Å². The molecule has 0 saturated carbocycles. The van der Waals surface area contributed by atoms with Gasteiger partial charge in [-0.15, -0.1) is 0 Å². The summed E-state index contributed by atoms with van der Waals surface area (Å²) in [5, 5.41) is 3.24. The van der Waals surface area contributed by atoms with E-state index in [0.29, 0.717) is 0 Å². The summed E-state index contributed by atoms with van der Waals surface area (Å²) in [4.78, 5) is 0. The smallest absolute Gasteiger partial charge is 0.163 e. The van der Waals surface area contributed by atoms with Crippen LogP contribution in [0.25, 0.3) is 0 Å². The summed E-state index contributed by atoms with van der Waals surface area (Å²) in [6, 6.07) is 5.96. The molecule has 0 bridgehead atoms. The minimum absolute atomic E-state index is 0.739. The zero-order chi connectivity index (χ0) is 9.80. The van der Waals surface area contributed by atoms with E-state index in [0.717, 1.165) is 43.4 Å². The Morgan fingerprint density at radius 1 is 1.21 bits per heavy atom. The molecule has 14 heavy (non-hydrogen) atoms. The molecule has 3 nitrogen and oxygen atoms in total. The summed E-state index contributed by atoms with van der Waals surface area (Å²) in [7, 11) is 0. The van der Waals surface area contributed by atoms with E-state index in [2.05, 4.69) is 12.2 Å². The summed E-state index contributed by atoms with van der Waals surface area (Å²) in [5.41, 5.74) is 1.08. The van der Waals surface area contributed by atoms with Gasteiger partial charge in [0.2, 0.25) is 0 Å². The van der Waals surface area contributed by atoms with E-state index in [1.165, 1.54) is 0 Å². The summed E-state index contributed by atoms with van der Waals surface area (Å²) < 4.78 is 11.1. The monoisotopic (exact) mass is 193 g/mol. The Labute approximate surface area is 84.0 Å². The van der Waals surface area contributed by atoms with Crippen molar-refractivity contribution in [2.24, 2.45) is 0 Å². The van der Waals surface area contributed by atoms with Gasteiger partial charge >= 0.3 is 0 Å². The van der Waals surface area contributed by atoms with Crippen LogP contribution in [-0.2, 0) is 0 Å². The molecule has 0 aromatic heterocycles. The van der Waals surface area contributed by atoms with Gasteiger partial charge in [-0.2, -0.15) is 0 Å². The van der Waals surface area contributed by atoms with E-state index in [1.54, 1.807) is 0 Å². The van der Waals surface area contributed by atoms with Crippen LogP contribution in [0.2, 0.25) is 0 Å². The van der Waals surface area contributed by atoms with Gasteiger partial charge in [0.25, 0.3) is 0 Å². The molecular weight excluding hydrogens is 178 g/mol. The van der Waals surface area contributed by atoms with Crippen LogP contribution in [0, 0.1) is 0 Å². The van der Waals surface area contributed by atoms with Crippen LogP contribution in [0.4, 0.5) is 5.69 Å². The Bertz CT molecular complexity index is 312. The van der Waals surface area contributed by atoms with Crippen LogP contribution in [-0.4, -0.2) is 19.8 Å². The zero-order valence-electron chi connectivity index (χ0n) is 8.38. The van der Waals surface area contributed by atoms with E-state index in [9.17, 15) is 0 Å². The van der Waals surface area contributed by atoms with Crippen molar-refractivity contribution in [1.82, 2.24) is 0 Å². The van der Waals surface area contributed by atoms with Crippen molar-refractivity contribution in [3.05, 3.63) is 18.2 Å². The predicted octanol–water partition coefficient (Wildman–Crippen LogP) is 2.28. The number of rotatable bonds is 2. The molecule has 76 valence electrons. The highest BCUT2D eigenvalue weighted by molar-refractivity contribution is 5.54. The number of ether oxygens (including phenoxy) is 2. The molecule has 1 aliphatic heterocycles. The van der Waals surface area contributed by atoms with Gasteiger partial charge in [0.15, 0.2) is 11.5 Å².